The molecule has 2 aromatic heterocycles. The lowest BCUT2D eigenvalue weighted by Gasteiger charge is -2.37. The number of methoxy groups -OCH3 is 1. The molecule has 8 nitrogen and oxygen atoms in total. The molecule has 0 spiro atoms. The van der Waals surface area contributed by atoms with E-state index >= 15 is 0 Å². The number of ether oxygens (including phenoxy) is 2. The van der Waals surface area contributed by atoms with Crippen molar-refractivity contribution in [1.29, 1.82) is 0 Å². The van der Waals surface area contributed by atoms with Gasteiger partial charge in [0, 0.05) is 18.5 Å². The van der Waals surface area contributed by atoms with Crippen molar-refractivity contribution >= 4 is 16.8 Å². The molecular weight excluding hydrogens is 396 g/mol. The van der Waals surface area contributed by atoms with Crippen molar-refractivity contribution in [3.8, 4) is 11.5 Å². The molecule has 2 aromatic carbocycles. The molecule has 0 aliphatic carbocycles. The quantitative estimate of drug-likeness (QED) is 0.475. The molecule has 3 heterocycles. The number of pyridine rings is 1. The predicted octanol–water partition coefficient (Wildman–Crippen LogP) is 3.45. The molecule has 156 valence electrons. The lowest BCUT2D eigenvalue weighted by atomic mass is 9.99. The molecule has 0 N–H and O–H groups in total. The number of fused-ring (bicyclic) bond motifs is 1. The zero-order valence-electron chi connectivity index (χ0n) is 16.9. The van der Waals surface area contributed by atoms with Gasteiger partial charge in [0.25, 0.3) is 11.8 Å². The van der Waals surface area contributed by atoms with Crippen molar-refractivity contribution < 1.29 is 18.8 Å². The second-order valence-electron chi connectivity index (χ2n) is 7.31. The number of para-hydroxylation sites is 1. The van der Waals surface area contributed by atoms with Gasteiger partial charge in [0.1, 0.15) is 17.2 Å². The Kier molecular flexibility index (Phi) is 4.95. The Hall–Kier alpha value is -3.94. The van der Waals surface area contributed by atoms with Gasteiger partial charge in [-0.1, -0.05) is 29.4 Å². The largest absolute Gasteiger partial charge is 0.497 e. The average molecular weight is 416 g/mol. The standard InChI is InChI=1S/C23H20N4O4/c1-29-17-7-9-18(10-8-17)30-14-21-25-22(26-31-21)16-12-27(13-16)23(28)20-11-6-15-4-2-3-5-19(15)24-20/h2-11,16H,12-14H2,1H3. The van der Waals surface area contributed by atoms with Gasteiger partial charge in [-0.3, -0.25) is 4.79 Å². The molecule has 31 heavy (non-hydrogen) atoms. The molecule has 1 amide bonds. The fourth-order valence-electron chi connectivity index (χ4n) is 3.46. The molecule has 0 unspecified atom stereocenters. The summed E-state index contributed by atoms with van der Waals surface area (Å²) in [6.07, 6.45) is 0. The number of benzene rings is 2. The van der Waals surface area contributed by atoms with Gasteiger partial charge < -0.3 is 18.9 Å². The van der Waals surface area contributed by atoms with Crippen LogP contribution < -0.4 is 9.47 Å². The zero-order valence-corrected chi connectivity index (χ0v) is 16.9. The lowest BCUT2D eigenvalue weighted by Crippen LogP contribution is -2.49. The van der Waals surface area contributed by atoms with Crippen LogP contribution in [-0.2, 0) is 6.61 Å². The van der Waals surface area contributed by atoms with Crippen molar-refractivity contribution in [2.75, 3.05) is 20.2 Å². The summed E-state index contributed by atoms with van der Waals surface area (Å²) in [4.78, 5) is 23.4. The van der Waals surface area contributed by atoms with E-state index in [4.69, 9.17) is 14.0 Å². The van der Waals surface area contributed by atoms with Crippen LogP contribution in [0, 0.1) is 0 Å². The number of rotatable bonds is 6. The van der Waals surface area contributed by atoms with Crippen LogP contribution in [0.1, 0.15) is 28.1 Å². The molecule has 1 saturated heterocycles. The van der Waals surface area contributed by atoms with Gasteiger partial charge in [-0.25, -0.2) is 4.98 Å². The van der Waals surface area contributed by atoms with Crippen molar-refractivity contribution in [3.05, 3.63) is 78.1 Å². The number of nitrogens with zero attached hydrogens (tertiary/aromatic N) is 4. The SMILES string of the molecule is COc1ccc(OCc2nc(C3CN(C(=O)c4ccc5ccccc5n4)C3)no2)cc1. The highest BCUT2D eigenvalue weighted by molar-refractivity contribution is 5.95. The van der Waals surface area contributed by atoms with Crippen LogP contribution in [0.4, 0.5) is 0 Å². The van der Waals surface area contributed by atoms with Crippen LogP contribution in [0.25, 0.3) is 10.9 Å². The molecule has 4 aromatic rings. The summed E-state index contributed by atoms with van der Waals surface area (Å²) in [6, 6.07) is 18.7. The van der Waals surface area contributed by atoms with Crippen LogP contribution in [0.5, 0.6) is 11.5 Å². The Labute approximate surface area is 178 Å². The van der Waals surface area contributed by atoms with Gasteiger partial charge in [0.15, 0.2) is 12.4 Å². The normalized spacial score (nSPS) is 13.8. The first-order valence-corrected chi connectivity index (χ1v) is 9.94. The van der Waals surface area contributed by atoms with E-state index in [0.717, 1.165) is 16.7 Å². The minimum atomic E-state index is -0.0893. The minimum absolute atomic E-state index is 0.0443. The predicted molar refractivity (Wildman–Crippen MR) is 112 cm³/mol. The van der Waals surface area contributed by atoms with Gasteiger partial charge >= 0.3 is 0 Å². The van der Waals surface area contributed by atoms with Gasteiger partial charge in [0.2, 0.25) is 0 Å². The summed E-state index contributed by atoms with van der Waals surface area (Å²) in [6.45, 7) is 1.24. The number of hydrogen-bond acceptors (Lipinski definition) is 7. The first-order valence-electron chi connectivity index (χ1n) is 9.94. The number of carbonyl (C=O) groups excluding carboxylic acids is 1. The summed E-state index contributed by atoms with van der Waals surface area (Å²) < 4.78 is 16.1. The number of likely N-dealkylation sites (tertiary alicyclic amines) is 1. The number of hydrogen-bond donors (Lipinski definition) is 0. The molecule has 0 radical (unpaired) electrons. The molecule has 1 aliphatic heterocycles. The number of amides is 1. The van der Waals surface area contributed by atoms with E-state index in [2.05, 4.69) is 15.1 Å². The first kappa shape index (κ1) is 19.0. The number of aromatic nitrogens is 3. The lowest BCUT2D eigenvalue weighted by molar-refractivity contribution is 0.0586. The van der Waals surface area contributed by atoms with Gasteiger partial charge in [-0.2, -0.15) is 4.98 Å². The van der Waals surface area contributed by atoms with Crippen molar-refractivity contribution in [3.63, 3.8) is 0 Å². The van der Waals surface area contributed by atoms with Crippen molar-refractivity contribution in [2.45, 2.75) is 12.5 Å². The fourth-order valence-corrected chi connectivity index (χ4v) is 3.46. The molecule has 5 rings (SSSR count). The van der Waals surface area contributed by atoms with E-state index in [1.165, 1.54) is 0 Å². The first-order chi connectivity index (χ1) is 15.2. The molecule has 8 heteroatoms. The molecule has 1 fully saturated rings. The zero-order chi connectivity index (χ0) is 21.2. The Morgan fingerprint density at radius 2 is 1.81 bits per heavy atom. The van der Waals surface area contributed by atoms with E-state index in [1.807, 2.05) is 54.6 Å². The molecule has 0 saturated carbocycles. The van der Waals surface area contributed by atoms with Crippen LogP contribution >= 0.6 is 0 Å². The molecule has 1 aliphatic rings. The third-order valence-corrected chi connectivity index (χ3v) is 5.26. The summed E-state index contributed by atoms with van der Waals surface area (Å²) >= 11 is 0. The van der Waals surface area contributed by atoms with Gasteiger partial charge in [0.05, 0.1) is 18.5 Å². The molecule has 0 bridgehead atoms. The Morgan fingerprint density at radius 1 is 1.03 bits per heavy atom. The number of carbonyl (C=O) groups is 1. The van der Waals surface area contributed by atoms with E-state index in [-0.39, 0.29) is 18.4 Å². The molecular formula is C23H20N4O4. The van der Waals surface area contributed by atoms with E-state index < -0.39 is 0 Å². The maximum Gasteiger partial charge on any atom is 0.272 e. The average Bonchev–Trinajstić information content (AvgIpc) is 3.25. The maximum absolute atomic E-state index is 12.7. The highest BCUT2D eigenvalue weighted by atomic mass is 16.5. The van der Waals surface area contributed by atoms with Crippen LogP contribution in [0.2, 0.25) is 0 Å². The monoisotopic (exact) mass is 416 g/mol. The van der Waals surface area contributed by atoms with Gasteiger partial charge in [-0.05, 0) is 36.4 Å². The van der Waals surface area contributed by atoms with Crippen molar-refractivity contribution in [1.82, 2.24) is 20.0 Å². The summed E-state index contributed by atoms with van der Waals surface area (Å²) in [5, 5.41) is 5.06. The Bertz CT molecular complexity index is 1220. The smallest absolute Gasteiger partial charge is 0.272 e. The second kappa shape index (κ2) is 8.06. The highest BCUT2D eigenvalue weighted by Gasteiger charge is 2.36. The van der Waals surface area contributed by atoms with E-state index in [0.29, 0.717) is 36.2 Å². The Morgan fingerprint density at radius 3 is 2.61 bits per heavy atom. The van der Waals surface area contributed by atoms with Crippen LogP contribution in [0.15, 0.2) is 65.2 Å². The minimum Gasteiger partial charge on any atom is -0.497 e. The van der Waals surface area contributed by atoms with E-state index in [1.54, 1.807) is 18.1 Å². The summed E-state index contributed by atoms with van der Waals surface area (Å²) in [7, 11) is 1.61. The van der Waals surface area contributed by atoms with Gasteiger partial charge in [-0.15, -0.1) is 0 Å². The van der Waals surface area contributed by atoms with E-state index in [9.17, 15) is 4.79 Å². The fraction of sp³-hybridized carbons (Fsp3) is 0.217. The topological polar surface area (TPSA) is 90.6 Å². The maximum atomic E-state index is 12.7. The highest BCUT2D eigenvalue weighted by Crippen LogP contribution is 2.27. The van der Waals surface area contributed by atoms with Crippen LogP contribution in [-0.4, -0.2) is 46.1 Å². The summed E-state index contributed by atoms with van der Waals surface area (Å²) in [5.74, 6) is 2.38. The summed E-state index contributed by atoms with van der Waals surface area (Å²) in [5.41, 5.74) is 1.25. The van der Waals surface area contributed by atoms with Crippen LogP contribution in [0.3, 0.4) is 0 Å². The molecule has 0 atom stereocenters. The third-order valence-electron chi connectivity index (χ3n) is 5.26. The van der Waals surface area contributed by atoms with Crippen molar-refractivity contribution in [2.24, 2.45) is 0 Å². The third kappa shape index (κ3) is 3.92. The Balaban J connectivity index is 1.17. The second-order valence-corrected chi connectivity index (χ2v) is 7.31.